The number of carbonyl (C=O) groups is 2. The van der Waals surface area contributed by atoms with Crippen LogP contribution in [0.25, 0.3) is 22.3 Å². The first kappa shape index (κ1) is 57.3. The number of nitriles is 1. The Hall–Kier alpha value is -4.92. The minimum absolute atomic E-state index is 0.0352. The number of anilines is 2. The fourth-order valence-corrected chi connectivity index (χ4v) is 13.6. The van der Waals surface area contributed by atoms with Crippen molar-refractivity contribution in [1.82, 2.24) is 39.0 Å². The molecule has 2 unspecified atom stereocenters. The SMILES string of the molecule is CC(C)C(=O)Nc1nc2c(ncn2[C@@H]2C[C@@H]3COP(=O)(OCCC#N)O[C@H]4[C@@H](O[Si](C)(C)C(C)(C)C)[C@H](n5cnc6c(NC(=O)c7ccccc7)ncnc65)O[C@@H]4COP(=O)(O)O[C@H]3[C@H]2O[Si](C)(C)C(C)(C)C)c(=O)[nH]1. The fourth-order valence-electron chi connectivity index (χ4n) is 8.52. The van der Waals surface area contributed by atoms with E-state index < -0.39 is 128 Å². The molecule has 3 fully saturated rings. The number of fused-ring (bicyclic) bond motifs is 4. The summed E-state index contributed by atoms with van der Waals surface area (Å²) in [5.41, 5.74) is 0.154. The predicted molar refractivity (Wildman–Crippen MR) is 282 cm³/mol. The van der Waals surface area contributed by atoms with E-state index in [2.05, 4.69) is 40.5 Å². The lowest BCUT2D eigenvalue weighted by atomic mass is 10.1. The summed E-state index contributed by atoms with van der Waals surface area (Å²) in [7, 11) is -15.7. The van der Waals surface area contributed by atoms with Crippen LogP contribution in [0, 0.1) is 23.2 Å². The first-order valence-electron chi connectivity index (χ1n) is 24.9. The molecule has 1 aromatic carbocycles. The summed E-state index contributed by atoms with van der Waals surface area (Å²) < 4.78 is 85.1. The van der Waals surface area contributed by atoms with Gasteiger partial charge in [-0.3, -0.25) is 51.9 Å². The molecule has 3 aliphatic rings. The van der Waals surface area contributed by atoms with Crippen LogP contribution in [0.2, 0.25) is 36.3 Å². The van der Waals surface area contributed by atoms with Crippen molar-refractivity contribution < 1.29 is 59.8 Å². The van der Waals surface area contributed by atoms with Gasteiger partial charge in [0.25, 0.3) is 11.5 Å². The summed E-state index contributed by atoms with van der Waals surface area (Å²) in [5.74, 6) is -2.24. The van der Waals surface area contributed by atoms with Crippen molar-refractivity contribution in [3.05, 3.63) is 65.2 Å². The third-order valence-corrected chi connectivity index (χ3v) is 26.1. The zero-order valence-electron chi connectivity index (χ0n) is 44.6. The van der Waals surface area contributed by atoms with Crippen LogP contribution in [0.15, 0.2) is 54.1 Å². The van der Waals surface area contributed by atoms with Crippen molar-refractivity contribution >= 4 is 78.2 Å². The predicted octanol–water partition coefficient (Wildman–Crippen LogP) is 8.00. The molecule has 1 saturated carbocycles. The van der Waals surface area contributed by atoms with Crippen molar-refractivity contribution in [3.63, 3.8) is 0 Å². The number of nitrogens with zero attached hydrogens (tertiary/aromatic N) is 8. The Bertz CT molecular complexity index is 3160. The van der Waals surface area contributed by atoms with E-state index in [1.165, 1.54) is 23.5 Å². The Morgan fingerprint density at radius 3 is 2.20 bits per heavy atom. The van der Waals surface area contributed by atoms with Gasteiger partial charge in [-0.15, -0.1) is 0 Å². The van der Waals surface area contributed by atoms with Gasteiger partial charge in [0, 0.05) is 17.4 Å². The number of amides is 2. The Kier molecular flexibility index (Phi) is 16.4. The van der Waals surface area contributed by atoms with E-state index in [1.54, 1.807) is 48.7 Å². The Morgan fingerprint density at radius 2 is 1.54 bits per heavy atom. The number of imidazole rings is 2. The van der Waals surface area contributed by atoms with E-state index in [-0.39, 0.29) is 53.5 Å². The van der Waals surface area contributed by atoms with Crippen molar-refractivity contribution in [2.75, 3.05) is 30.5 Å². The summed E-state index contributed by atoms with van der Waals surface area (Å²) in [6.45, 7) is 21.9. The lowest BCUT2D eigenvalue weighted by Crippen LogP contribution is -2.49. The van der Waals surface area contributed by atoms with E-state index in [1.807, 2.05) is 73.8 Å². The molecule has 6 heterocycles. The van der Waals surface area contributed by atoms with Crippen LogP contribution < -0.4 is 16.2 Å². The van der Waals surface area contributed by atoms with Crippen LogP contribution >= 0.6 is 15.6 Å². The number of phosphoric ester groups is 2. The zero-order chi connectivity index (χ0) is 55.3. The van der Waals surface area contributed by atoms with Crippen LogP contribution in [-0.2, 0) is 50.1 Å². The number of phosphoric acid groups is 2. The molecule has 29 heteroatoms. The second-order valence-corrected chi connectivity index (χ2v) is 35.0. The van der Waals surface area contributed by atoms with Gasteiger partial charge in [0.1, 0.15) is 30.7 Å². The first-order valence-corrected chi connectivity index (χ1v) is 33.7. The molecule has 2 amide bonds. The molecule has 0 radical (unpaired) electrons. The molecule has 10 atom stereocenters. The van der Waals surface area contributed by atoms with Gasteiger partial charge < -0.3 is 28.4 Å². The topological polar surface area (TPSA) is 317 Å². The van der Waals surface area contributed by atoms with Gasteiger partial charge in [0.2, 0.25) is 11.9 Å². The second kappa shape index (κ2) is 21.7. The van der Waals surface area contributed by atoms with Gasteiger partial charge in [-0.25, -0.2) is 29.1 Å². The highest BCUT2D eigenvalue weighted by atomic mass is 31.2. The number of carbonyl (C=O) groups excluding carboxylic acids is 2. The van der Waals surface area contributed by atoms with Crippen LogP contribution in [0.1, 0.15) is 90.9 Å². The average molecular weight is 1130 g/mol. The molecule has 2 saturated heterocycles. The molecular weight excluding hydrogens is 1060 g/mol. The molecule has 2 aliphatic heterocycles. The number of nitrogens with one attached hydrogen (secondary N) is 3. The van der Waals surface area contributed by atoms with Gasteiger partial charge in [-0.2, -0.15) is 10.2 Å². The molecule has 412 valence electrons. The van der Waals surface area contributed by atoms with Crippen LogP contribution in [0.4, 0.5) is 11.8 Å². The first-order chi connectivity index (χ1) is 35.5. The van der Waals surface area contributed by atoms with Gasteiger partial charge in [-0.05, 0) is 54.8 Å². The number of rotatable bonds is 13. The highest BCUT2D eigenvalue weighted by Crippen LogP contribution is 2.59. The Morgan fingerprint density at radius 1 is 0.882 bits per heavy atom. The minimum atomic E-state index is -5.15. The molecule has 0 bridgehead atoms. The standard InChI is InChI=1S/C47H67N11O14P2Si2/c1-27(2)41(59)55-45-54-40-33(43(61)56-45)52-25-57(40)30-21-29-22-67-74(64,65-20-16-19-48)70-36-31(23-66-73(62,63)69-34(29)35(30)71-75(9,10)46(3,4)5)68-44(37(36)72-76(11,12)47(6,7)8)58-26-51-32-38(49-24-50-39(32)58)53-42(60)28-17-14-13-15-18-28/h13-15,17-18,24-27,29-31,34-37,44H,16,20-23H2,1-12H3,(H,62,63)(H,49,50,53,60)(H2,54,55,56,59,61)/t29-,30-,31-,34-,35+,36-,37-,44-,74?/m1/s1. The molecule has 8 rings (SSSR count). The maximum absolute atomic E-state index is 15.5. The zero-order valence-corrected chi connectivity index (χ0v) is 48.4. The lowest BCUT2D eigenvalue weighted by molar-refractivity contribution is -0.118. The number of H-pyrrole nitrogens is 1. The lowest BCUT2D eigenvalue weighted by Gasteiger charge is -2.42. The number of ether oxygens (including phenoxy) is 1. The Labute approximate surface area is 441 Å². The molecule has 0 spiro atoms. The van der Waals surface area contributed by atoms with Crippen molar-refractivity contribution in [2.45, 2.75) is 147 Å². The van der Waals surface area contributed by atoms with Crippen molar-refractivity contribution in [3.8, 4) is 6.07 Å². The van der Waals surface area contributed by atoms with Crippen molar-refractivity contribution in [1.29, 1.82) is 5.26 Å². The van der Waals surface area contributed by atoms with Gasteiger partial charge in [0.05, 0.1) is 57.1 Å². The minimum Gasteiger partial charge on any atom is -0.409 e. The molecule has 25 nitrogen and oxygen atoms in total. The van der Waals surface area contributed by atoms with Crippen LogP contribution in [0.3, 0.4) is 0 Å². The molecule has 4 N–H and O–H groups in total. The summed E-state index contributed by atoms with van der Waals surface area (Å²) in [6, 6.07) is 9.69. The van der Waals surface area contributed by atoms with Crippen LogP contribution in [-0.4, -0.2) is 123 Å². The van der Waals surface area contributed by atoms with E-state index >= 15 is 4.57 Å². The number of hydrogen-bond donors (Lipinski definition) is 4. The third kappa shape index (κ3) is 12.0. The fraction of sp³-hybridized carbons (Fsp3) is 0.596. The smallest absolute Gasteiger partial charge is 0.409 e. The quantitative estimate of drug-likeness (QED) is 0.0493. The molecule has 4 aromatic heterocycles. The molecular formula is C47H67N11O14P2Si2. The number of hydrogen-bond acceptors (Lipinski definition) is 19. The van der Waals surface area contributed by atoms with E-state index in [4.69, 9.17) is 36.2 Å². The van der Waals surface area contributed by atoms with Crippen molar-refractivity contribution in [2.24, 2.45) is 11.8 Å². The molecule has 1 aliphatic carbocycles. The molecule has 76 heavy (non-hydrogen) atoms. The number of aromatic amines is 1. The number of benzene rings is 1. The highest BCUT2D eigenvalue weighted by molar-refractivity contribution is 7.48. The maximum Gasteiger partial charge on any atom is 0.475 e. The summed E-state index contributed by atoms with van der Waals surface area (Å²) >= 11 is 0. The van der Waals surface area contributed by atoms with Gasteiger partial charge in [0.15, 0.2) is 51.0 Å². The summed E-state index contributed by atoms with van der Waals surface area (Å²) in [5, 5.41) is 14.2. The monoisotopic (exact) mass is 1130 g/mol. The normalized spacial score (nSPS) is 27.9. The average Bonchev–Trinajstić information content (AvgIpc) is 4.11. The van der Waals surface area contributed by atoms with E-state index in [0.717, 1.165) is 0 Å². The van der Waals surface area contributed by atoms with Gasteiger partial charge in [-0.1, -0.05) is 73.6 Å². The van der Waals surface area contributed by atoms with Crippen LogP contribution in [0.5, 0.6) is 0 Å². The summed E-state index contributed by atoms with van der Waals surface area (Å²) in [4.78, 5) is 76.3. The van der Waals surface area contributed by atoms with E-state index in [9.17, 15) is 29.1 Å². The van der Waals surface area contributed by atoms with Gasteiger partial charge >= 0.3 is 15.6 Å². The second-order valence-electron chi connectivity index (χ2n) is 22.5. The van der Waals surface area contributed by atoms with E-state index in [0.29, 0.717) is 5.56 Å². The Balaban J connectivity index is 1.20. The maximum atomic E-state index is 15.5. The number of aromatic nitrogens is 8. The highest BCUT2D eigenvalue weighted by Gasteiger charge is 2.58. The molecule has 5 aromatic rings. The largest absolute Gasteiger partial charge is 0.475 e. The summed E-state index contributed by atoms with van der Waals surface area (Å²) in [6.07, 6.45) is -3.75. The third-order valence-electron chi connectivity index (χ3n) is 14.7.